The number of nitrogens with zero attached hydrogens (tertiary/aromatic N) is 1. The van der Waals surface area contributed by atoms with E-state index in [1.54, 1.807) is 72.8 Å². The second-order valence-corrected chi connectivity index (χ2v) is 15.8. The Morgan fingerprint density at radius 1 is 0.554 bits per heavy atom. The Morgan fingerprint density at radius 3 is 1.35 bits per heavy atom. The van der Waals surface area contributed by atoms with Crippen LogP contribution in [0.3, 0.4) is 0 Å². The maximum Gasteiger partial charge on any atom is 0.343 e. The van der Waals surface area contributed by atoms with Crippen molar-refractivity contribution in [1.82, 2.24) is 0 Å². The molecule has 0 amide bonds. The third kappa shape index (κ3) is 19.7. The number of unbranched alkanes of at least 4 members (excludes halogenated alkanes) is 6. The molecule has 0 N–H and O–H groups in total. The Morgan fingerprint density at radius 2 is 0.954 bits per heavy atom. The van der Waals surface area contributed by atoms with Gasteiger partial charge in [-0.1, -0.05) is 45.1 Å². The summed E-state index contributed by atoms with van der Waals surface area (Å²) in [6.07, 6.45) is 17.5. The first-order valence-corrected chi connectivity index (χ1v) is 22.8. The Bertz CT molecular complexity index is 2100. The summed E-state index contributed by atoms with van der Waals surface area (Å²) in [4.78, 5) is 46.6. The number of hydrogen-bond donors (Lipinski definition) is 0. The van der Waals surface area contributed by atoms with Crippen LogP contribution in [0.25, 0.3) is 0 Å². The van der Waals surface area contributed by atoms with Gasteiger partial charge in [-0.3, -0.25) is 0 Å². The van der Waals surface area contributed by atoms with Crippen LogP contribution in [-0.4, -0.2) is 50.3 Å². The molecule has 0 bridgehead atoms. The highest BCUT2D eigenvalue weighted by molar-refractivity contribution is 5.91. The molecule has 5 rings (SSSR count). The number of ether oxygens (including phenoxy) is 6. The highest BCUT2D eigenvalue weighted by atomic mass is 16.5. The fraction of sp³-hybridized carbons (Fsp3) is 0.389. The third-order valence-electron chi connectivity index (χ3n) is 10.9. The van der Waals surface area contributed by atoms with Crippen LogP contribution in [0.5, 0.6) is 23.0 Å². The van der Waals surface area contributed by atoms with Crippen LogP contribution in [0.4, 0.5) is 0 Å². The van der Waals surface area contributed by atoms with Crippen molar-refractivity contribution >= 4 is 23.9 Å². The van der Waals surface area contributed by atoms with Gasteiger partial charge in [0, 0.05) is 12.2 Å². The van der Waals surface area contributed by atoms with Gasteiger partial charge in [-0.05, 0) is 179 Å². The predicted molar refractivity (Wildman–Crippen MR) is 250 cm³/mol. The lowest BCUT2D eigenvalue weighted by atomic mass is 9.77. The van der Waals surface area contributed by atoms with Crippen LogP contribution in [-0.2, 0) is 19.1 Å². The average Bonchev–Trinajstić information content (AvgIpc) is 3.34. The molecule has 4 aromatic carbocycles. The summed E-state index contributed by atoms with van der Waals surface area (Å²) in [6.45, 7) is 11.0. The van der Waals surface area contributed by atoms with Gasteiger partial charge in [0.05, 0.1) is 49.2 Å². The molecule has 0 radical (unpaired) electrons. The maximum absolute atomic E-state index is 12.6. The zero-order valence-electron chi connectivity index (χ0n) is 37.7. The molecule has 344 valence electrons. The number of benzene rings is 4. The first kappa shape index (κ1) is 51.0. The summed E-state index contributed by atoms with van der Waals surface area (Å²) >= 11 is 0. The summed E-state index contributed by atoms with van der Waals surface area (Å²) in [6, 6.07) is 30.2. The summed E-state index contributed by atoms with van der Waals surface area (Å²) in [5, 5.41) is 8.78. The van der Waals surface area contributed by atoms with Crippen molar-refractivity contribution in [3.05, 3.63) is 145 Å². The number of nitriles is 1. The van der Waals surface area contributed by atoms with E-state index < -0.39 is 11.9 Å². The Hall–Kier alpha value is -6.67. The van der Waals surface area contributed by atoms with Crippen molar-refractivity contribution in [2.24, 2.45) is 5.92 Å². The zero-order valence-corrected chi connectivity index (χ0v) is 37.7. The number of esters is 4. The van der Waals surface area contributed by atoms with Crippen molar-refractivity contribution in [3.63, 3.8) is 0 Å². The fourth-order valence-corrected chi connectivity index (χ4v) is 7.26. The molecule has 0 aliphatic heterocycles. The topological polar surface area (TPSA) is 147 Å². The standard InChI is InChI=1S/C31H40O5.C23H23NO5/c1-3-9-24-10-12-25(13-11-24)26-14-20-29(21-15-26)36-31(33)27-16-18-28(19-17-27)34-22-7-5-6-8-23-35-30(32)4-2;1-2-22(25)28-16-6-4-3-5-15-27-20-13-9-19(10-14-20)23(26)29-21-11-7-18(17-24)8-12-21/h4,14-21,24-25H,2-3,5-13,22-23H2,1H3;2,7-14H,1,3-6,15-16H2. The lowest BCUT2D eigenvalue weighted by Crippen LogP contribution is -2.13. The molecular formula is C54H63NO10. The monoisotopic (exact) mass is 885 g/mol. The number of rotatable bonds is 25. The van der Waals surface area contributed by atoms with Crippen LogP contribution in [0.2, 0.25) is 0 Å². The van der Waals surface area contributed by atoms with Gasteiger partial charge >= 0.3 is 23.9 Å². The van der Waals surface area contributed by atoms with E-state index in [2.05, 4.69) is 32.2 Å². The number of carbonyl (C=O) groups is 4. The second-order valence-electron chi connectivity index (χ2n) is 15.8. The largest absolute Gasteiger partial charge is 0.494 e. The quantitative estimate of drug-likeness (QED) is 0.0271. The minimum absolute atomic E-state index is 0.369. The molecule has 0 aromatic heterocycles. The molecule has 0 saturated heterocycles. The van der Waals surface area contributed by atoms with Gasteiger partial charge in [0.15, 0.2) is 0 Å². The zero-order chi connectivity index (χ0) is 46.5. The van der Waals surface area contributed by atoms with Crippen LogP contribution in [0.15, 0.2) is 122 Å². The number of carbonyl (C=O) groups excluding carboxylic acids is 4. The van der Waals surface area contributed by atoms with Gasteiger partial charge in [0.25, 0.3) is 0 Å². The lowest BCUT2D eigenvalue weighted by molar-refractivity contribution is -0.138. The van der Waals surface area contributed by atoms with Gasteiger partial charge in [0.2, 0.25) is 0 Å². The van der Waals surface area contributed by atoms with E-state index in [0.717, 1.165) is 69.1 Å². The van der Waals surface area contributed by atoms with Gasteiger partial charge in [-0.25, -0.2) is 19.2 Å². The molecule has 1 fully saturated rings. The van der Waals surface area contributed by atoms with Crippen LogP contribution in [0.1, 0.15) is 135 Å². The molecule has 1 aliphatic carbocycles. The molecular weight excluding hydrogens is 823 g/mol. The van der Waals surface area contributed by atoms with Crippen molar-refractivity contribution in [2.75, 3.05) is 26.4 Å². The summed E-state index contributed by atoms with van der Waals surface area (Å²) in [5.74, 6) is 2.27. The van der Waals surface area contributed by atoms with Gasteiger partial charge in [0.1, 0.15) is 23.0 Å². The SMILES string of the molecule is C=CC(=O)OCCCCCCOc1ccc(C(=O)Oc2ccc(C#N)cc2)cc1.C=CC(=O)OCCCCCCOc1ccc(C(=O)Oc2ccc(C3CCC(CCC)CC3)cc2)cc1. The summed E-state index contributed by atoms with van der Waals surface area (Å²) < 4.78 is 32.1. The highest BCUT2D eigenvalue weighted by Crippen LogP contribution is 2.38. The van der Waals surface area contributed by atoms with Gasteiger partial charge in [-0.15, -0.1) is 0 Å². The van der Waals surface area contributed by atoms with E-state index in [0.29, 0.717) is 66.3 Å². The third-order valence-corrected chi connectivity index (χ3v) is 10.9. The van der Waals surface area contributed by atoms with E-state index in [-0.39, 0.29) is 11.9 Å². The van der Waals surface area contributed by atoms with Crippen LogP contribution >= 0.6 is 0 Å². The molecule has 11 nitrogen and oxygen atoms in total. The molecule has 0 atom stereocenters. The first-order chi connectivity index (χ1) is 31.7. The van der Waals surface area contributed by atoms with Gasteiger partial charge in [-0.2, -0.15) is 5.26 Å². The van der Waals surface area contributed by atoms with E-state index in [1.807, 2.05) is 18.2 Å². The van der Waals surface area contributed by atoms with Crippen LogP contribution < -0.4 is 18.9 Å². The predicted octanol–water partition coefficient (Wildman–Crippen LogP) is 12.1. The van der Waals surface area contributed by atoms with Crippen molar-refractivity contribution in [2.45, 2.75) is 103 Å². The van der Waals surface area contributed by atoms with Crippen molar-refractivity contribution in [1.29, 1.82) is 5.26 Å². The van der Waals surface area contributed by atoms with E-state index in [9.17, 15) is 19.2 Å². The van der Waals surface area contributed by atoms with Crippen molar-refractivity contribution < 1.29 is 47.6 Å². The van der Waals surface area contributed by atoms with E-state index >= 15 is 0 Å². The molecule has 0 unspecified atom stereocenters. The number of hydrogen-bond acceptors (Lipinski definition) is 11. The normalized spacial score (nSPS) is 14.0. The molecule has 65 heavy (non-hydrogen) atoms. The van der Waals surface area contributed by atoms with E-state index in [1.165, 1.54) is 50.2 Å². The lowest BCUT2D eigenvalue weighted by Gasteiger charge is -2.28. The molecule has 1 aliphatic rings. The minimum atomic E-state index is -0.474. The van der Waals surface area contributed by atoms with Crippen LogP contribution in [0, 0.1) is 17.2 Å². The highest BCUT2D eigenvalue weighted by Gasteiger charge is 2.22. The fourth-order valence-electron chi connectivity index (χ4n) is 7.26. The molecule has 11 heteroatoms. The van der Waals surface area contributed by atoms with Gasteiger partial charge < -0.3 is 28.4 Å². The maximum atomic E-state index is 12.6. The smallest absolute Gasteiger partial charge is 0.343 e. The Balaban J connectivity index is 0.000000292. The van der Waals surface area contributed by atoms with E-state index in [4.69, 9.17) is 33.7 Å². The van der Waals surface area contributed by atoms with Crippen molar-refractivity contribution in [3.8, 4) is 29.1 Å². The second kappa shape index (κ2) is 29.6. The molecule has 4 aromatic rings. The summed E-state index contributed by atoms with van der Waals surface area (Å²) in [5.41, 5.74) is 2.76. The average molecular weight is 886 g/mol. The first-order valence-electron chi connectivity index (χ1n) is 22.8. The molecule has 0 spiro atoms. The molecule has 0 heterocycles. The summed E-state index contributed by atoms with van der Waals surface area (Å²) in [7, 11) is 0. The Kier molecular flexibility index (Phi) is 23.2. The Labute approximate surface area is 384 Å². The minimum Gasteiger partial charge on any atom is -0.494 e. The molecule has 1 saturated carbocycles.